The number of guanidine groups is 1. The molecule has 0 aliphatic carbocycles. The molecule has 0 aliphatic heterocycles. The van der Waals surface area contributed by atoms with E-state index in [1.807, 2.05) is 13.8 Å². The van der Waals surface area contributed by atoms with E-state index in [2.05, 4.69) is 20.4 Å². The topological polar surface area (TPSA) is 162 Å². The van der Waals surface area contributed by atoms with E-state index in [-0.39, 0.29) is 36.8 Å². The van der Waals surface area contributed by atoms with Crippen LogP contribution in [0.25, 0.3) is 0 Å². The summed E-state index contributed by atoms with van der Waals surface area (Å²) in [4.78, 5) is 38.3. The van der Waals surface area contributed by atoms with Crippen LogP contribution in [0.3, 0.4) is 0 Å². The number of amides is 2. The van der Waals surface area contributed by atoms with E-state index in [9.17, 15) is 40.3 Å². The Kier molecular flexibility index (Phi) is 14.4. The highest BCUT2D eigenvalue weighted by molar-refractivity contribution is 5.98. The first kappa shape index (κ1) is 38.3. The standard InChI is InChI=1S/C25H30F4N4O5.C2HF3O2/c1-14(2)9-18(23(35)31-13-16-5-7-17(26)20(11-16)38-25(27,28)29)32-24(30)33-22(34)12-15-6-8-19(36-3)21(10-15)37-4;3-2(4,5)1(6)7/h5-8,10-11,14,18H,9,12-13H2,1-4H3,(H,31,35)(H3,30,32,33,34);(H,6,7)/t18-;/m1./s1. The molecule has 0 spiro atoms. The summed E-state index contributed by atoms with van der Waals surface area (Å²) in [7, 11) is 2.96. The molecule has 2 amide bonds. The van der Waals surface area contributed by atoms with Gasteiger partial charge >= 0.3 is 18.5 Å². The van der Waals surface area contributed by atoms with Gasteiger partial charge in [-0.1, -0.05) is 26.0 Å². The lowest BCUT2D eigenvalue weighted by Gasteiger charge is -2.17. The monoisotopic (exact) mass is 656 g/mol. The molecule has 0 bridgehead atoms. The lowest BCUT2D eigenvalue weighted by Crippen LogP contribution is -2.41. The number of hydrogen-bond acceptors (Lipinski definition) is 7. The van der Waals surface area contributed by atoms with Gasteiger partial charge < -0.3 is 30.4 Å². The number of nitrogens with one attached hydrogen (secondary N) is 2. The molecule has 0 aromatic heterocycles. The van der Waals surface area contributed by atoms with Gasteiger partial charge in [0.25, 0.3) is 0 Å². The van der Waals surface area contributed by atoms with Crippen LogP contribution in [-0.2, 0) is 27.3 Å². The van der Waals surface area contributed by atoms with Crippen LogP contribution in [0.4, 0.5) is 30.7 Å². The highest BCUT2D eigenvalue weighted by Gasteiger charge is 2.38. The zero-order valence-electron chi connectivity index (χ0n) is 24.3. The Balaban J connectivity index is 0.00000129. The first-order chi connectivity index (χ1) is 20.7. The number of nitrogens with zero attached hydrogens (tertiary/aromatic N) is 1. The third-order valence-electron chi connectivity index (χ3n) is 5.30. The van der Waals surface area contributed by atoms with E-state index in [0.717, 1.165) is 12.1 Å². The number of halogens is 7. The Bertz CT molecular complexity index is 1350. The van der Waals surface area contributed by atoms with Gasteiger partial charge in [-0.15, -0.1) is 13.2 Å². The largest absolute Gasteiger partial charge is 0.573 e. The number of aliphatic carboxylic acids is 1. The van der Waals surface area contributed by atoms with Gasteiger partial charge in [-0.3, -0.25) is 14.9 Å². The zero-order chi connectivity index (χ0) is 34.5. The minimum absolute atomic E-state index is 0.0161. The maximum Gasteiger partial charge on any atom is 0.573 e. The van der Waals surface area contributed by atoms with Crippen molar-refractivity contribution >= 4 is 23.7 Å². The maximum atomic E-state index is 13.6. The second kappa shape index (κ2) is 16.9. The Morgan fingerprint density at radius 2 is 1.49 bits per heavy atom. The summed E-state index contributed by atoms with van der Waals surface area (Å²) in [6.45, 7) is 3.48. The summed E-state index contributed by atoms with van der Waals surface area (Å²) in [5.41, 5.74) is 6.67. The van der Waals surface area contributed by atoms with Gasteiger partial charge in [-0.2, -0.15) is 13.2 Å². The summed E-state index contributed by atoms with van der Waals surface area (Å²) in [5, 5.41) is 12.1. The van der Waals surface area contributed by atoms with Gasteiger partial charge in [0.2, 0.25) is 11.8 Å². The van der Waals surface area contributed by atoms with Crippen molar-refractivity contribution < 1.29 is 64.4 Å². The summed E-state index contributed by atoms with van der Waals surface area (Å²) >= 11 is 0. The van der Waals surface area contributed by atoms with Gasteiger partial charge in [0.15, 0.2) is 29.0 Å². The molecular weight excluding hydrogens is 625 g/mol. The first-order valence-corrected chi connectivity index (χ1v) is 12.7. The third-order valence-corrected chi connectivity index (χ3v) is 5.30. The van der Waals surface area contributed by atoms with Crippen LogP contribution in [-0.4, -0.2) is 61.6 Å². The van der Waals surface area contributed by atoms with Crippen LogP contribution < -0.4 is 30.6 Å². The average Bonchev–Trinajstić information content (AvgIpc) is 2.91. The molecule has 0 heterocycles. The quantitative estimate of drug-likeness (QED) is 0.160. The fourth-order valence-electron chi connectivity index (χ4n) is 3.40. The van der Waals surface area contributed by atoms with Crippen molar-refractivity contribution in [3.05, 3.63) is 53.3 Å². The number of alkyl halides is 6. The molecule has 250 valence electrons. The van der Waals surface area contributed by atoms with E-state index in [1.54, 1.807) is 18.2 Å². The zero-order valence-corrected chi connectivity index (χ0v) is 24.3. The SMILES string of the molecule is COc1ccc(CC(=O)NC(N)=N[C@H](CC(C)C)C(=O)NCc2ccc(F)c(OC(F)(F)F)c2)cc1OC.O=C(O)C(F)(F)F. The molecule has 0 fully saturated rings. The number of carboxylic acids is 1. The Morgan fingerprint density at radius 3 is 2.00 bits per heavy atom. The molecule has 0 saturated carbocycles. The molecule has 0 aliphatic rings. The van der Waals surface area contributed by atoms with E-state index in [4.69, 9.17) is 25.1 Å². The van der Waals surface area contributed by atoms with Crippen molar-refractivity contribution in [1.82, 2.24) is 10.6 Å². The van der Waals surface area contributed by atoms with Gasteiger partial charge in [0, 0.05) is 6.54 Å². The number of aliphatic imine (C=N–C) groups is 1. The predicted molar refractivity (Wildman–Crippen MR) is 145 cm³/mol. The summed E-state index contributed by atoms with van der Waals surface area (Å²) in [5.74, 6) is -5.34. The van der Waals surface area contributed by atoms with E-state index >= 15 is 0 Å². The number of ether oxygens (including phenoxy) is 3. The molecule has 18 heteroatoms. The first-order valence-electron chi connectivity index (χ1n) is 12.7. The molecular formula is C27H31F7N4O7. The van der Waals surface area contributed by atoms with E-state index in [1.165, 1.54) is 20.3 Å². The van der Waals surface area contributed by atoms with Crippen LogP contribution >= 0.6 is 0 Å². The van der Waals surface area contributed by atoms with Crippen molar-refractivity contribution in [3.63, 3.8) is 0 Å². The van der Waals surface area contributed by atoms with Gasteiger partial charge in [0.05, 0.1) is 20.6 Å². The summed E-state index contributed by atoms with van der Waals surface area (Å²) < 4.78 is 96.8. The molecule has 0 radical (unpaired) electrons. The minimum Gasteiger partial charge on any atom is -0.493 e. The number of nitrogens with two attached hydrogens (primary N) is 1. The molecule has 2 aromatic rings. The van der Waals surface area contributed by atoms with E-state index in [0.29, 0.717) is 17.1 Å². The van der Waals surface area contributed by atoms with E-state index < -0.39 is 47.9 Å². The molecule has 5 N–H and O–H groups in total. The molecule has 45 heavy (non-hydrogen) atoms. The number of benzene rings is 2. The van der Waals surface area contributed by atoms with Crippen molar-refractivity contribution in [1.29, 1.82) is 0 Å². The van der Waals surface area contributed by atoms with Crippen LogP contribution in [0.2, 0.25) is 0 Å². The average molecular weight is 657 g/mol. The highest BCUT2D eigenvalue weighted by Crippen LogP contribution is 2.28. The molecule has 2 aromatic carbocycles. The van der Waals surface area contributed by atoms with Crippen LogP contribution in [0, 0.1) is 11.7 Å². The van der Waals surface area contributed by atoms with Crippen molar-refractivity contribution in [3.8, 4) is 17.2 Å². The molecule has 0 saturated heterocycles. The molecule has 1 atom stereocenters. The fourth-order valence-corrected chi connectivity index (χ4v) is 3.40. The van der Waals surface area contributed by atoms with Crippen molar-refractivity contribution in [2.45, 2.75) is 51.8 Å². The van der Waals surface area contributed by atoms with Gasteiger partial charge in [0.1, 0.15) is 6.04 Å². The van der Waals surface area contributed by atoms with Gasteiger partial charge in [-0.25, -0.2) is 14.2 Å². The molecule has 11 nitrogen and oxygen atoms in total. The maximum absolute atomic E-state index is 13.6. The number of carboxylic acid groups (broad SMARTS) is 1. The van der Waals surface area contributed by atoms with Crippen LogP contribution in [0.1, 0.15) is 31.4 Å². The van der Waals surface area contributed by atoms with Crippen molar-refractivity contribution in [2.24, 2.45) is 16.6 Å². The Labute approximate surface area is 252 Å². The lowest BCUT2D eigenvalue weighted by molar-refractivity contribution is -0.275. The summed E-state index contributed by atoms with van der Waals surface area (Å²) in [6, 6.07) is 6.84. The molecule has 2 rings (SSSR count). The Hall–Kier alpha value is -4.77. The summed E-state index contributed by atoms with van der Waals surface area (Å²) in [6.07, 6.45) is -9.93. The normalized spacial score (nSPS) is 12.4. The van der Waals surface area contributed by atoms with Crippen molar-refractivity contribution in [2.75, 3.05) is 14.2 Å². The second-order valence-corrected chi connectivity index (χ2v) is 9.41. The van der Waals surface area contributed by atoms with Crippen LogP contribution in [0.15, 0.2) is 41.4 Å². The second-order valence-electron chi connectivity index (χ2n) is 9.41. The number of carbonyl (C=O) groups is 3. The third kappa shape index (κ3) is 14.5. The highest BCUT2D eigenvalue weighted by atomic mass is 19.4. The smallest absolute Gasteiger partial charge is 0.493 e. The number of methoxy groups -OCH3 is 2. The number of hydrogen-bond donors (Lipinski definition) is 4. The fraction of sp³-hybridized carbons (Fsp3) is 0.407. The lowest BCUT2D eigenvalue weighted by atomic mass is 10.0. The predicted octanol–water partition coefficient (Wildman–Crippen LogP) is 4.08. The Morgan fingerprint density at radius 1 is 0.933 bits per heavy atom. The van der Waals surface area contributed by atoms with Gasteiger partial charge in [-0.05, 0) is 47.7 Å². The van der Waals surface area contributed by atoms with Crippen LogP contribution in [0.5, 0.6) is 17.2 Å². The number of rotatable bonds is 11. The molecule has 0 unspecified atom stereocenters. The number of carbonyl (C=O) groups excluding carboxylic acids is 2. The minimum atomic E-state index is -5.08.